The molecule has 2 aliphatic carbocycles. The van der Waals surface area contributed by atoms with E-state index < -0.39 is 32.2 Å². The predicted octanol–water partition coefficient (Wildman–Crippen LogP) is 9.63. The van der Waals surface area contributed by atoms with E-state index in [1.165, 1.54) is 55.4 Å². The van der Waals surface area contributed by atoms with Crippen LogP contribution in [0, 0.1) is 34.2 Å². The number of nitrogens with one attached hydrogen (secondary N) is 3. The van der Waals surface area contributed by atoms with Crippen LogP contribution < -0.4 is 29.5 Å². The van der Waals surface area contributed by atoms with Crippen molar-refractivity contribution in [2.24, 2.45) is 23.2 Å². The first kappa shape index (κ1) is 48.5. The van der Waals surface area contributed by atoms with E-state index in [9.17, 15) is 27.9 Å². The Bertz CT molecular complexity index is 2760. The summed E-state index contributed by atoms with van der Waals surface area (Å²) in [6.07, 6.45) is 10.6. The first-order chi connectivity index (χ1) is 33.0. The smallest absolute Gasteiger partial charge is 0.268 e. The molecule has 1 spiro atoms. The number of sulfonamides is 1. The van der Waals surface area contributed by atoms with Crippen LogP contribution in [0.3, 0.4) is 0 Å². The average Bonchev–Trinajstić information content (AvgIpc) is 3.68. The second kappa shape index (κ2) is 19.7. The summed E-state index contributed by atoms with van der Waals surface area (Å²) >= 11 is 0. The summed E-state index contributed by atoms with van der Waals surface area (Å²) < 4.78 is 63.3. The molecule has 5 heterocycles. The van der Waals surface area contributed by atoms with Crippen molar-refractivity contribution in [3.63, 3.8) is 0 Å². The van der Waals surface area contributed by atoms with Crippen molar-refractivity contribution in [1.82, 2.24) is 19.7 Å². The van der Waals surface area contributed by atoms with Crippen molar-refractivity contribution in [3.05, 3.63) is 94.7 Å². The molecule has 0 unspecified atom stereocenters. The van der Waals surface area contributed by atoms with E-state index >= 15 is 0 Å². The topological polar surface area (TPSA) is 194 Å². The molecule has 2 aliphatic heterocycles. The lowest BCUT2D eigenvalue weighted by Crippen LogP contribution is -2.50. The van der Waals surface area contributed by atoms with Gasteiger partial charge in [-0.25, -0.2) is 22.5 Å². The van der Waals surface area contributed by atoms with Gasteiger partial charge in [-0.3, -0.25) is 4.79 Å². The van der Waals surface area contributed by atoms with Gasteiger partial charge in [-0.1, -0.05) is 38.1 Å². The number of aliphatic hydroxyl groups is 1. The molecule has 5 aromatic rings. The van der Waals surface area contributed by atoms with Crippen LogP contribution >= 0.6 is 0 Å². The third-order valence-electron chi connectivity index (χ3n) is 15.3. The molecular weight excluding hydrogens is 902 g/mol. The number of hydrogen-bond acceptors (Lipinski definition) is 13. The number of hydroxylamine groups is 1. The highest BCUT2D eigenvalue weighted by Crippen LogP contribution is 2.59. The summed E-state index contributed by atoms with van der Waals surface area (Å²) in [7, 11) is -3.35. The number of hydrogen-bond donors (Lipinski definition) is 4. The Hall–Kier alpha value is -5.49. The Morgan fingerprint density at radius 1 is 1.07 bits per heavy atom. The Balaban J connectivity index is 0.936. The number of aromatic amines is 1. The van der Waals surface area contributed by atoms with E-state index in [1.807, 2.05) is 6.92 Å². The Morgan fingerprint density at radius 2 is 1.83 bits per heavy atom. The number of aromatic nitrogens is 3. The molecule has 0 radical (unpaired) electrons. The zero-order chi connectivity index (χ0) is 48.7. The van der Waals surface area contributed by atoms with Crippen molar-refractivity contribution in [2.45, 2.75) is 108 Å². The molecule has 2 saturated carbocycles. The van der Waals surface area contributed by atoms with Crippen molar-refractivity contribution in [3.8, 4) is 17.4 Å². The first-order valence-corrected chi connectivity index (χ1v) is 26.0. The molecule has 2 atom stereocenters. The second-order valence-electron chi connectivity index (χ2n) is 20.4. The number of halogens is 1. The summed E-state index contributed by atoms with van der Waals surface area (Å²) in [6, 6.07) is 16.5. The van der Waals surface area contributed by atoms with Crippen LogP contribution in [0.25, 0.3) is 11.0 Å². The van der Waals surface area contributed by atoms with E-state index in [1.54, 1.807) is 19.1 Å². The highest BCUT2D eigenvalue weighted by atomic mass is 32.2. The Morgan fingerprint density at radius 3 is 2.55 bits per heavy atom. The third-order valence-corrected chi connectivity index (χ3v) is 16.6. The number of pyridine rings is 2. The molecule has 69 heavy (non-hydrogen) atoms. The number of fused-ring (bicyclic) bond motifs is 1. The fourth-order valence-electron chi connectivity index (χ4n) is 11.3. The number of anilines is 3. The van der Waals surface area contributed by atoms with Crippen LogP contribution in [-0.4, -0.2) is 86.5 Å². The summed E-state index contributed by atoms with van der Waals surface area (Å²) in [5.74, 6) is 1.05. The number of benzene rings is 2. The number of carbonyl (C=O) groups is 1. The summed E-state index contributed by atoms with van der Waals surface area (Å²) in [5.41, 5.74) is 3.30. The van der Waals surface area contributed by atoms with Gasteiger partial charge in [0.05, 0.1) is 35.5 Å². The molecule has 4 fully saturated rings. The van der Waals surface area contributed by atoms with Crippen molar-refractivity contribution < 1.29 is 36.9 Å². The third kappa shape index (κ3) is 10.4. The zero-order valence-corrected chi connectivity index (χ0v) is 41.0. The van der Waals surface area contributed by atoms with Crippen LogP contribution in [0.15, 0.2) is 71.9 Å². The van der Waals surface area contributed by atoms with Gasteiger partial charge in [0.15, 0.2) is 5.75 Å². The number of carbonyl (C=O) groups excluding carboxylic acids is 1. The van der Waals surface area contributed by atoms with Crippen molar-refractivity contribution in [2.75, 3.05) is 61.8 Å². The number of piperidine rings is 1. The lowest BCUT2D eigenvalue weighted by atomic mass is 9.52. The van der Waals surface area contributed by atoms with E-state index in [2.05, 4.69) is 68.0 Å². The minimum absolute atomic E-state index is 0.0105. The quantitative estimate of drug-likeness (QED) is 0.0725. The summed E-state index contributed by atoms with van der Waals surface area (Å²) in [4.78, 5) is 27.6. The molecule has 1 amide bonds. The molecule has 3 aromatic heterocycles. The van der Waals surface area contributed by atoms with Gasteiger partial charge in [-0.05, 0) is 137 Å². The fourth-order valence-corrected chi connectivity index (χ4v) is 12.3. The minimum Gasteiger partial charge on any atom is -0.758 e. The molecule has 4 aliphatic rings. The van der Waals surface area contributed by atoms with E-state index in [-0.39, 0.29) is 63.4 Å². The number of ether oxygens (including phenoxy) is 3. The number of amides is 1. The van der Waals surface area contributed by atoms with Crippen LogP contribution in [0.4, 0.5) is 21.6 Å². The first-order valence-electron chi connectivity index (χ1n) is 24.5. The van der Waals surface area contributed by atoms with E-state index in [0.29, 0.717) is 48.1 Å². The molecule has 9 rings (SSSR count). The zero-order valence-electron chi connectivity index (χ0n) is 40.2. The van der Waals surface area contributed by atoms with Crippen molar-refractivity contribution in [1.29, 1.82) is 0 Å². The SMILES string of the molecule is CCOc1nc2[nH]cc(F)c2cc1Oc1cc(N2CCC3(CC2)CC([C@H]2CCOC[C@H]2c2ccccc2C(C)C)C3)ccc1C(=O)NS(=O)(=O)c1cnc(NCC2CCC(C)(O)CC2)c(N(C)[O-])c1. The van der Waals surface area contributed by atoms with Gasteiger partial charge in [0.25, 0.3) is 21.8 Å². The van der Waals surface area contributed by atoms with E-state index in [4.69, 9.17) is 14.2 Å². The average molecular weight is 967 g/mol. The van der Waals surface area contributed by atoms with Crippen LogP contribution in [0.5, 0.6) is 17.4 Å². The van der Waals surface area contributed by atoms with E-state index in [0.717, 1.165) is 70.3 Å². The van der Waals surface area contributed by atoms with Gasteiger partial charge < -0.3 is 44.8 Å². The minimum atomic E-state index is -4.59. The normalized spacial score (nSPS) is 22.9. The highest BCUT2D eigenvalue weighted by molar-refractivity contribution is 7.90. The lowest BCUT2D eigenvalue weighted by Gasteiger charge is -2.56. The van der Waals surface area contributed by atoms with Gasteiger partial charge in [0.1, 0.15) is 27.9 Å². The largest absolute Gasteiger partial charge is 0.758 e. The fraction of sp³-hybridized carbons (Fsp3) is 0.519. The van der Waals surface area contributed by atoms with Gasteiger partial charge in [0, 0.05) is 62.4 Å². The molecule has 4 N–H and O–H groups in total. The molecule has 2 aromatic carbocycles. The number of H-pyrrole nitrogens is 1. The monoisotopic (exact) mass is 966 g/mol. The van der Waals surface area contributed by atoms with Gasteiger partial charge in [-0.15, -0.1) is 0 Å². The second-order valence-corrected chi connectivity index (χ2v) is 22.1. The molecule has 15 nitrogen and oxygen atoms in total. The van der Waals surface area contributed by atoms with Crippen LogP contribution in [0.1, 0.15) is 119 Å². The molecule has 2 saturated heterocycles. The number of nitrogens with zero attached hydrogens (tertiary/aromatic N) is 4. The van der Waals surface area contributed by atoms with Gasteiger partial charge >= 0.3 is 0 Å². The van der Waals surface area contributed by atoms with Crippen LogP contribution in [0.2, 0.25) is 0 Å². The van der Waals surface area contributed by atoms with Gasteiger partial charge in [0.2, 0.25) is 0 Å². The Labute approximate surface area is 404 Å². The molecular formula is C52H65FN7O8S-. The van der Waals surface area contributed by atoms with Crippen LogP contribution in [-0.2, 0) is 14.8 Å². The highest BCUT2D eigenvalue weighted by Gasteiger charge is 2.50. The summed E-state index contributed by atoms with van der Waals surface area (Å²) in [5, 5.41) is 27.0. The standard InChI is InChI=1S/C52H65FN7O8S/c1-6-67-50-46(25-41-43(53)30-56-47(41)57-50)68-45-23-35(60-20-18-52(19-21-60)26-34(27-52)38-15-22-66-31-42(38)39-10-8-7-9-37(39)32(2)3)11-12-40(45)49(61)58-69(64,65)36-24-44(59(5)63)48(55-29-36)54-28-33-13-16-51(4,62)17-14-33/h7-12,23-25,29-30,32-34,38,42,62H,6,13-22,26-28,31H2,1-5H3,(H,54,55)(H,56,57)(H,58,61)/q-1/t33?,38-,42-,51?/m1/s1. The predicted molar refractivity (Wildman–Crippen MR) is 264 cm³/mol. The lowest BCUT2D eigenvalue weighted by molar-refractivity contribution is -0.0537. The molecule has 370 valence electrons. The molecule has 17 heteroatoms. The maximum absolute atomic E-state index is 14.9. The van der Waals surface area contributed by atoms with Gasteiger partial charge in [-0.2, -0.15) is 4.98 Å². The van der Waals surface area contributed by atoms with Crippen molar-refractivity contribution >= 4 is 44.2 Å². The number of rotatable bonds is 15. The maximum Gasteiger partial charge on any atom is 0.268 e. The molecule has 0 bridgehead atoms. The maximum atomic E-state index is 14.9. The Kier molecular flexibility index (Phi) is 13.9. The summed E-state index contributed by atoms with van der Waals surface area (Å²) in [6.45, 7) is 12.0.